The van der Waals surface area contributed by atoms with E-state index < -0.39 is 5.82 Å². The van der Waals surface area contributed by atoms with Gasteiger partial charge in [-0.05, 0) is 26.0 Å². The first-order chi connectivity index (χ1) is 8.38. The van der Waals surface area contributed by atoms with Crippen LogP contribution in [0.3, 0.4) is 0 Å². The average molecular weight is 249 g/mol. The molecule has 1 aromatic rings. The predicted octanol–water partition coefficient (Wildman–Crippen LogP) is 2.09. The summed E-state index contributed by atoms with van der Waals surface area (Å²) in [6.07, 6.45) is 0.228. The molecule has 0 heterocycles. The highest BCUT2D eigenvalue weighted by molar-refractivity contribution is 5.95. The molecule has 1 amide bonds. The van der Waals surface area contributed by atoms with Crippen molar-refractivity contribution in [1.82, 2.24) is 4.90 Å². The maximum Gasteiger partial charge on any atom is 0.254 e. The topological polar surface area (TPSA) is 70.1 Å². The molecular weight excluding hydrogens is 233 g/mol. The zero-order valence-corrected chi connectivity index (χ0v) is 10.7. The van der Waals surface area contributed by atoms with E-state index in [2.05, 4.69) is 0 Å². The zero-order valence-electron chi connectivity index (χ0n) is 10.7. The number of hydrogen-bond acceptors (Lipinski definition) is 3. The SMILES string of the molecule is Cc1c(N)cc(C(=O)N(C)C(C)CC#N)cc1F. The third kappa shape index (κ3) is 2.77. The Bertz CT molecular complexity index is 484. The largest absolute Gasteiger partial charge is 0.398 e. The van der Waals surface area contributed by atoms with Gasteiger partial charge in [0.15, 0.2) is 0 Å². The monoisotopic (exact) mass is 249 g/mol. The van der Waals surface area contributed by atoms with Crippen molar-refractivity contribution < 1.29 is 9.18 Å². The highest BCUT2D eigenvalue weighted by atomic mass is 19.1. The van der Waals surface area contributed by atoms with Crippen LogP contribution in [0.2, 0.25) is 0 Å². The predicted molar refractivity (Wildman–Crippen MR) is 67.3 cm³/mol. The molecule has 0 saturated carbocycles. The molecule has 0 aliphatic heterocycles. The smallest absolute Gasteiger partial charge is 0.254 e. The fraction of sp³-hybridized carbons (Fsp3) is 0.385. The van der Waals surface area contributed by atoms with Crippen molar-refractivity contribution in [1.29, 1.82) is 5.26 Å². The molecule has 0 spiro atoms. The Balaban J connectivity index is 3.01. The van der Waals surface area contributed by atoms with Gasteiger partial charge in [-0.1, -0.05) is 0 Å². The molecule has 0 aromatic heterocycles. The number of rotatable bonds is 3. The quantitative estimate of drug-likeness (QED) is 0.834. The van der Waals surface area contributed by atoms with Gasteiger partial charge in [-0.15, -0.1) is 0 Å². The number of halogens is 1. The van der Waals surface area contributed by atoms with Gasteiger partial charge in [0, 0.05) is 29.9 Å². The van der Waals surface area contributed by atoms with Gasteiger partial charge < -0.3 is 10.6 Å². The third-order valence-electron chi connectivity index (χ3n) is 3.00. The molecule has 1 atom stereocenters. The van der Waals surface area contributed by atoms with Crippen LogP contribution in [0.4, 0.5) is 10.1 Å². The van der Waals surface area contributed by atoms with Crippen molar-refractivity contribution in [3.8, 4) is 6.07 Å². The number of nitrogens with two attached hydrogens (primary N) is 1. The van der Waals surface area contributed by atoms with Crippen LogP contribution in [0.15, 0.2) is 12.1 Å². The highest BCUT2D eigenvalue weighted by Gasteiger charge is 2.19. The van der Waals surface area contributed by atoms with E-state index in [0.29, 0.717) is 5.56 Å². The molecule has 0 bridgehead atoms. The van der Waals surface area contributed by atoms with E-state index in [1.54, 1.807) is 20.9 Å². The lowest BCUT2D eigenvalue weighted by atomic mass is 10.1. The normalized spacial score (nSPS) is 11.7. The van der Waals surface area contributed by atoms with Crippen molar-refractivity contribution in [2.45, 2.75) is 26.3 Å². The first-order valence-corrected chi connectivity index (χ1v) is 5.58. The molecule has 0 aliphatic rings. The lowest BCUT2D eigenvalue weighted by molar-refractivity contribution is 0.0746. The minimum absolute atomic E-state index is 0.197. The van der Waals surface area contributed by atoms with Crippen LogP contribution >= 0.6 is 0 Å². The van der Waals surface area contributed by atoms with Crippen LogP contribution in [-0.4, -0.2) is 23.9 Å². The number of amides is 1. The number of benzene rings is 1. The first kappa shape index (κ1) is 14.0. The Morgan fingerprint density at radius 2 is 2.22 bits per heavy atom. The second-order valence-corrected chi connectivity index (χ2v) is 4.30. The number of carbonyl (C=O) groups is 1. The molecule has 18 heavy (non-hydrogen) atoms. The molecule has 0 radical (unpaired) electrons. The second kappa shape index (κ2) is 5.50. The van der Waals surface area contributed by atoms with Crippen molar-refractivity contribution in [3.63, 3.8) is 0 Å². The fourth-order valence-electron chi connectivity index (χ4n) is 1.50. The molecule has 0 saturated heterocycles. The van der Waals surface area contributed by atoms with Gasteiger partial charge in [0.1, 0.15) is 5.82 Å². The molecule has 5 heteroatoms. The summed E-state index contributed by atoms with van der Waals surface area (Å²) in [6.45, 7) is 3.32. The van der Waals surface area contributed by atoms with E-state index in [4.69, 9.17) is 11.0 Å². The summed E-state index contributed by atoms with van der Waals surface area (Å²) in [7, 11) is 1.58. The molecule has 2 N–H and O–H groups in total. The Morgan fingerprint density at radius 3 is 2.72 bits per heavy atom. The minimum atomic E-state index is -0.500. The van der Waals surface area contributed by atoms with Crippen molar-refractivity contribution in [2.75, 3.05) is 12.8 Å². The maximum atomic E-state index is 13.5. The van der Waals surface area contributed by atoms with E-state index in [9.17, 15) is 9.18 Å². The van der Waals surface area contributed by atoms with Crippen LogP contribution in [0.1, 0.15) is 29.3 Å². The van der Waals surface area contributed by atoms with Gasteiger partial charge in [-0.2, -0.15) is 5.26 Å². The Morgan fingerprint density at radius 1 is 1.61 bits per heavy atom. The van der Waals surface area contributed by atoms with Crippen LogP contribution in [0.5, 0.6) is 0 Å². The Labute approximate surface area is 106 Å². The van der Waals surface area contributed by atoms with Gasteiger partial charge in [0.25, 0.3) is 5.91 Å². The molecule has 4 nitrogen and oxygen atoms in total. The molecule has 1 aromatic carbocycles. The van der Waals surface area contributed by atoms with Crippen LogP contribution in [-0.2, 0) is 0 Å². The van der Waals surface area contributed by atoms with E-state index >= 15 is 0 Å². The standard InChI is InChI=1S/C13H16FN3O/c1-8(4-5-15)17(3)13(18)10-6-11(14)9(2)12(16)7-10/h6-8H,4,16H2,1-3H3. The van der Waals surface area contributed by atoms with E-state index in [1.165, 1.54) is 17.0 Å². The number of carbonyl (C=O) groups excluding carboxylic acids is 1. The third-order valence-corrected chi connectivity index (χ3v) is 3.00. The summed E-state index contributed by atoms with van der Waals surface area (Å²) in [6, 6.07) is 4.39. The zero-order chi connectivity index (χ0) is 13.9. The number of anilines is 1. The molecule has 1 rings (SSSR count). The van der Waals surface area contributed by atoms with Gasteiger partial charge in [0.05, 0.1) is 12.5 Å². The first-order valence-electron chi connectivity index (χ1n) is 5.58. The van der Waals surface area contributed by atoms with Gasteiger partial charge in [-0.3, -0.25) is 4.79 Å². The summed E-state index contributed by atoms with van der Waals surface area (Å²) in [5.41, 5.74) is 6.41. The van der Waals surface area contributed by atoms with E-state index in [-0.39, 0.29) is 29.6 Å². The molecule has 96 valence electrons. The average Bonchev–Trinajstić information content (AvgIpc) is 2.33. The van der Waals surface area contributed by atoms with Crippen LogP contribution < -0.4 is 5.73 Å². The second-order valence-electron chi connectivity index (χ2n) is 4.30. The lowest BCUT2D eigenvalue weighted by Crippen LogP contribution is -2.35. The van der Waals surface area contributed by atoms with E-state index in [0.717, 1.165) is 0 Å². The Hall–Kier alpha value is -2.09. The summed E-state index contributed by atoms with van der Waals surface area (Å²) < 4.78 is 13.5. The van der Waals surface area contributed by atoms with E-state index in [1.807, 2.05) is 6.07 Å². The van der Waals surface area contributed by atoms with Crippen LogP contribution in [0, 0.1) is 24.1 Å². The number of nitrogens with zero attached hydrogens (tertiary/aromatic N) is 2. The maximum absolute atomic E-state index is 13.5. The molecular formula is C13H16FN3O. The summed E-state index contributed by atoms with van der Waals surface area (Å²) in [4.78, 5) is 13.5. The number of hydrogen-bond donors (Lipinski definition) is 1. The Kier molecular flexibility index (Phi) is 4.27. The van der Waals surface area contributed by atoms with Crippen molar-refractivity contribution >= 4 is 11.6 Å². The van der Waals surface area contributed by atoms with Gasteiger partial charge in [0.2, 0.25) is 0 Å². The summed E-state index contributed by atoms with van der Waals surface area (Å²) >= 11 is 0. The van der Waals surface area contributed by atoms with Gasteiger partial charge in [-0.25, -0.2) is 4.39 Å². The molecule has 1 unspecified atom stereocenters. The fourth-order valence-corrected chi connectivity index (χ4v) is 1.50. The summed E-state index contributed by atoms with van der Waals surface area (Å²) in [5.74, 6) is -0.844. The number of nitrogen functional groups attached to an aromatic ring is 1. The number of nitriles is 1. The summed E-state index contributed by atoms with van der Waals surface area (Å²) in [5, 5.41) is 8.59. The van der Waals surface area contributed by atoms with Crippen molar-refractivity contribution in [3.05, 3.63) is 29.1 Å². The van der Waals surface area contributed by atoms with Crippen molar-refractivity contribution in [2.24, 2.45) is 0 Å². The molecule has 0 aliphatic carbocycles. The van der Waals surface area contributed by atoms with Crippen LogP contribution in [0.25, 0.3) is 0 Å². The minimum Gasteiger partial charge on any atom is -0.398 e. The molecule has 0 fully saturated rings. The lowest BCUT2D eigenvalue weighted by Gasteiger charge is -2.23. The highest BCUT2D eigenvalue weighted by Crippen LogP contribution is 2.19. The van der Waals surface area contributed by atoms with Gasteiger partial charge >= 0.3 is 0 Å².